The second-order valence-corrected chi connectivity index (χ2v) is 9.11. The Morgan fingerprint density at radius 1 is 0.778 bits per heavy atom. The second-order valence-electron chi connectivity index (χ2n) is 9.11. The Hall–Kier alpha value is -4.32. The minimum absolute atomic E-state index is 0.0559. The number of phenols is 1. The molecule has 1 heterocycles. The maximum absolute atomic E-state index is 11.8. The number of rotatable bonds is 7. The van der Waals surface area contributed by atoms with Crippen LogP contribution in [-0.4, -0.2) is 32.4 Å². The second kappa shape index (κ2) is 10.1. The molecule has 4 aromatic rings. The van der Waals surface area contributed by atoms with E-state index in [0.29, 0.717) is 34.4 Å². The van der Waals surface area contributed by atoms with Crippen molar-refractivity contribution >= 4 is 5.78 Å². The third kappa shape index (κ3) is 5.33. The van der Waals surface area contributed by atoms with Crippen LogP contribution in [0.1, 0.15) is 29.2 Å². The average molecular weight is 480 g/mol. The summed E-state index contributed by atoms with van der Waals surface area (Å²) in [6.45, 7) is 13.3. The lowest BCUT2D eigenvalue weighted by Crippen LogP contribution is -2.11. The predicted molar refractivity (Wildman–Crippen MR) is 142 cm³/mol. The van der Waals surface area contributed by atoms with E-state index >= 15 is 0 Å². The number of carbonyl (C=O) groups is 1. The van der Waals surface area contributed by atoms with Gasteiger partial charge in [-0.3, -0.25) is 4.79 Å². The normalized spacial score (nSPS) is 10.8. The number of aryl methyl sites for hydroxylation is 4. The van der Waals surface area contributed by atoms with E-state index in [1.54, 1.807) is 19.1 Å². The zero-order valence-corrected chi connectivity index (χ0v) is 21.2. The van der Waals surface area contributed by atoms with E-state index < -0.39 is 0 Å². The Morgan fingerprint density at radius 2 is 1.25 bits per heavy atom. The van der Waals surface area contributed by atoms with Gasteiger partial charge in [0.2, 0.25) is 0 Å². The van der Waals surface area contributed by atoms with Crippen molar-refractivity contribution in [2.75, 3.05) is 6.61 Å². The summed E-state index contributed by atoms with van der Waals surface area (Å²) in [5.41, 5.74) is 7.05. The molecule has 0 radical (unpaired) electrons. The summed E-state index contributed by atoms with van der Waals surface area (Å²) >= 11 is 0. The van der Waals surface area contributed by atoms with E-state index in [9.17, 15) is 9.90 Å². The molecule has 0 unspecified atom stereocenters. The van der Waals surface area contributed by atoms with Gasteiger partial charge in [0.25, 0.3) is 0 Å². The number of nitrogens with zero attached hydrogens (tertiary/aromatic N) is 3. The van der Waals surface area contributed by atoms with E-state index in [2.05, 4.69) is 18.7 Å². The molecule has 1 N–H and O–H groups in total. The zero-order valence-electron chi connectivity index (χ0n) is 21.2. The van der Waals surface area contributed by atoms with Gasteiger partial charge >= 0.3 is 0 Å². The van der Waals surface area contributed by atoms with Crippen molar-refractivity contribution in [1.82, 2.24) is 15.0 Å². The van der Waals surface area contributed by atoms with Gasteiger partial charge in [0.15, 0.2) is 29.9 Å². The Kier molecular flexibility index (Phi) is 6.97. The van der Waals surface area contributed by atoms with Crippen LogP contribution in [0.4, 0.5) is 0 Å². The first-order chi connectivity index (χ1) is 17.1. The molecule has 0 saturated carbocycles. The molecule has 0 saturated heterocycles. The number of benzene rings is 3. The smallest absolute Gasteiger partial charge is 0.195 e. The van der Waals surface area contributed by atoms with Gasteiger partial charge in [-0.05, 0) is 63.5 Å². The summed E-state index contributed by atoms with van der Waals surface area (Å²) in [4.78, 5) is 26.1. The first kappa shape index (κ1) is 24.8. The highest BCUT2D eigenvalue weighted by Gasteiger charge is 2.17. The van der Waals surface area contributed by atoms with E-state index in [0.717, 1.165) is 33.4 Å². The van der Waals surface area contributed by atoms with Gasteiger partial charge in [-0.1, -0.05) is 54.1 Å². The summed E-state index contributed by atoms with van der Waals surface area (Å²) in [5.74, 6) is 1.51. The van der Waals surface area contributed by atoms with Crippen molar-refractivity contribution in [1.29, 1.82) is 0 Å². The molecule has 182 valence electrons. The number of aromatic hydroxyl groups is 1. The molecule has 0 aliphatic rings. The third-order valence-electron chi connectivity index (χ3n) is 5.94. The van der Waals surface area contributed by atoms with Crippen molar-refractivity contribution in [2.24, 2.45) is 0 Å². The van der Waals surface area contributed by atoms with E-state index in [4.69, 9.17) is 19.7 Å². The number of hydrogen-bond acceptors (Lipinski definition) is 6. The quantitative estimate of drug-likeness (QED) is 0.312. The van der Waals surface area contributed by atoms with Crippen LogP contribution in [0.15, 0.2) is 66.7 Å². The van der Waals surface area contributed by atoms with Crippen LogP contribution in [0, 0.1) is 27.7 Å². The molecule has 0 amide bonds. The van der Waals surface area contributed by atoms with Crippen LogP contribution in [0.2, 0.25) is 0 Å². The highest BCUT2D eigenvalue weighted by atomic mass is 16.5. The van der Waals surface area contributed by atoms with Crippen LogP contribution in [0.25, 0.3) is 34.2 Å². The first-order valence-corrected chi connectivity index (χ1v) is 11.7. The van der Waals surface area contributed by atoms with Crippen LogP contribution in [-0.2, 0) is 4.79 Å². The van der Waals surface area contributed by atoms with Gasteiger partial charge in [-0.25, -0.2) is 15.0 Å². The van der Waals surface area contributed by atoms with Gasteiger partial charge in [0.05, 0.1) is 5.56 Å². The van der Waals surface area contributed by atoms with Gasteiger partial charge in [-0.15, -0.1) is 0 Å². The fraction of sp³-hybridized carbons (Fsp3) is 0.200. The first-order valence-electron chi connectivity index (χ1n) is 11.7. The Morgan fingerprint density at radius 3 is 1.69 bits per heavy atom. The minimum Gasteiger partial charge on any atom is -0.507 e. The summed E-state index contributed by atoms with van der Waals surface area (Å²) in [6, 6.07) is 17.1. The Balaban J connectivity index is 1.82. The number of phenolic OH excluding ortho intramolecular Hbond substituents is 1. The van der Waals surface area contributed by atoms with Crippen LogP contribution in [0.5, 0.6) is 11.5 Å². The highest BCUT2D eigenvalue weighted by molar-refractivity contribution is 5.95. The average Bonchev–Trinajstić information content (AvgIpc) is 2.82. The van der Waals surface area contributed by atoms with Gasteiger partial charge < -0.3 is 9.84 Å². The Bertz CT molecular complexity index is 1420. The molecule has 6 heteroatoms. The molecule has 1 aromatic heterocycles. The summed E-state index contributed by atoms with van der Waals surface area (Å²) in [6.07, 6.45) is 0. The van der Waals surface area contributed by atoms with Crippen molar-refractivity contribution in [3.05, 3.63) is 89.0 Å². The molecular weight excluding hydrogens is 450 g/mol. The van der Waals surface area contributed by atoms with E-state index in [1.807, 2.05) is 52.0 Å². The highest BCUT2D eigenvalue weighted by Crippen LogP contribution is 2.34. The maximum atomic E-state index is 11.8. The van der Waals surface area contributed by atoms with Crippen molar-refractivity contribution in [3.8, 4) is 45.7 Å². The molecule has 0 fully saturated rings. The van der Waals surface area contributed by atoms with E-state index in [1.165, 1.54) is 6.07 Å². The SMILES string of the molecule is C=C(C)C(=O)COc1ccc(-c2nc(-c3ccc(C)cc3C)nc(-c3ccc(C)cc3C)n2)c(O)c1. The molecule has 0 atom stereocenters. The third-order valence-corrected chi connectivity index (χ3v) is 5.94. The number of ether oxygens (including phenoxy) is 1. The molecule has 0 aliphatic carbocycles. The number of hydrogen-bond donors (Lipinski definition) is 1. The van der Waals surface area contributed by atoms with Gasteiger partial charge in [0, 0.05) is 17.2 Å². The fourth-order valence-electron chi connectivity index (χ4n) is 3.93. The molecule has 3 aromatic carbocycles. The molecule has 0 aliphatic heterocycles. The number of aromatic nitrogens is 3. The standard InChI is InChI=1S/C30H29N3O3/c1-17(2)27(35)16-36-22-9-12-25(26(34)15-22)30-32-28(23-10-7-18(3)13-20(23)5)31-29(33-30)24-11-8-19(4)14-21(24)6/h7-15,34H,1,16H2,2-6H3. The van der Waals surface area contributed by atoms with Crippen LogP contribution in [0.3, 0.4) is 0 Å². The lowest BCUT2D eigenvalue weighted by Gasteiger charge is -2.13. The molecule has 4 rings (SSSR count). The predicted octanol–water partition coefficient (Wildman–Crippen LogP) is 6.34. The van der Waals surface area contributed by atoms with Crippen LogP contribution < -0.4 is 4.74 Å². The summed E-state index contributed by atoms with van der Waals surface area (Å²) in [7, 11) is 0. The lowest BCUT2D eigenvalue weighted by molar-refractivity contribution is -0.117. The fourth-order valence-corrected chi connectivity index (χ4v) is 3.93. The van der Waals surface area contributed by atoms with Gasteiger partial charge in [-0.2, -0.15) is 0 Å². The maximum Gasteiger partial charge on any atom is 0.195 e. The minimum atomic E-state index is -0.202. The topological polar surface area (TPSA) is 85.2 Å². The van der Waals surface area contributed by atoms with Crippen molar-refractivity contribution in [2.45, 2.75) is 34.6 Å². The van der Waals surface area contributed by atoms with Crippen molar-refractivity contribution in [3.63, 3.8) is 0 Å². The molecular formula is C30H29N3O3. The lowest BCUT2D eigenvalue weighted by atomic mass is 10.0. The molecule has 0 spiro atoms. The van der Waals surface area contributed by atoms with Crippen molar-refractivity contribution < 1.29 is 14.6 Å². The van der Waals surface area contributed by atoms with Crippen LogP contribution >= 0.6 is 0 Å². The number of Topliss-reactive ketones (excluding diaryl/α,β-unsaturated/α-hetero) is 1. The summed E-state index contributed by atoms with van der Waals surface area (Å²) in [5, 5.41) is 10.8. The molecule has 6 nitrogen and oxygen atoms in total. The monoisotopic (exact) mass is 479 g/mol. The number of ketones is 1. The largest absolute Gasteiger partial charge is 0.507 e. The van der Waals surface area contributed by atoms with E-state index in [-0.39, 0.29) is 18.1 Å². The molecule has 0 bridgehead atoms. The summed E-state index contributed by atoms with van der Waals surface area (Å²) < 4.78 is 5.52. The molecule has 36 heavy (non-hydrogen) atoms. The zero-order chi connectivity index (χ0) is 26.0. The Labute approximate surface area is 211 Å². The number of carbonyl (C=O) groups excluding carboxylic acids is 1. The van der Waals surface area contributed by atoms with Gasteiger partial charge in [0.1, 0.15) is 11.5 Å².